The Morgan fingerprint density at radius 1 is 1.19 bits per heavy atom. The third kappa shape index (κ3) is 2.60. The zero-order chi connectivity index (χ0) is 12.0. The van der Waals surface area contributed by atoms with Gasteiger partial charge in [-0.25, -0.2) is 0 Å². The molecule has 0 aromatic carbocycles. The van der Waals surface area contributed by atoms with Crippen LogP contribution in [-0.4, -0.2) is 35.6 Å². The van der Waals surface area contributed by atoms with Gasteiger partial charge in [-0.15, -0.1) is 0 Å². The van der Waals surface area contributed by atoms with Gasteiger partial charge < -0.3 is 5.32 Å². The molecule has 1 heterocycles. The second-order valence-electron chi connectivity index (χ2n) is 7.35. The molecular weight excluding hydrogens is 196 g/mol. The summed E-state index contributed by atoms with van der Waals surface area (Å²) in [7, 11) is 0. The molecule has 1 aliphatic heterocycles. The first-order chi connectivity index (χ1) is 7.29. The van der Waals surface area contributed by atoms with E-state index >= 15 is 0 Å². The summed E-state index contributed by atoms with van der Waals surface area (Å²) in [6.07, 6.45) is 4.18. The minimum Gasteiger partial charge on any atom is -0.309 e. The van der Waals surface area contributed by atoms with Crippen LogP contribution in [0.25, 0.3) is 0 Å². The number of hydrogen-bond acceptors (Lipinski definition) is 2. The van der Waals surface area contributed by atoms with Crippen molar-refractivity contribution in [2.24, 2.45) is 5.41 Å². The van der Waals surface area contributed by atoms with E-state index < -0.39 is 0 Å². The van der Waals surface area contributed by atoms with E-state index in [2.05, 4.69) is 44.8 Å². The van der Waals surface area contributed by atoms with E-state index in [9.17, 15) is 0 Å². The molecule has 2 nitrogen and oxygen atoms in total. The van der Waals surface area contributed by atoms with Gasteiger partial charge in [0.15, 0.2) is 0 Å². The van der Waals surface area contributed by atoms with Gasteiger partial charge in [-0.05, 0) is 45.4 Å². The molecule has 2 unspecified atom stereocenters. The number of rotatable bonds is 1. The van der Waals surface area contributed by atoms with Crippen molar-refractivity contribution in [1.29, 1.82) is 0 Å². The van der Waals surface area contributed by atoms with Crippen LogP contribution in [0.3, 0.4) is 0 Å². The first-order valence-corrected chi connectivity index (χ1v) is 6.80. The summed E-state index contributed by atoms with van der Waals surface area (Å²) in [6, 6.07) is 1.53. The number of hydrogen-bond donors (Lipinski definition) is 1. The predicted octanol–water partition coefficient (Wildman–Crippen LogP) is 2.64. The molecule has 0 bridgehead atoms. The van der Waals surface area contributed by atoms with E-state index in [1.54, 1.807) is 0 Å². The lowest BCUT2D eigenvalue weighted by molar-refractivity contribution is 0.0605. The fourth-order valence-electron chi connectivity index (χ4n) is 3.38. The monoisotopic (exact) mass is 224 g/mol. The first kappa shape index (κ1) is 12.4. The van der Waals surface area contributed by atoms with Crippen molar-refractivity contribution >= 4 is 0 Å². The Labute approximate surface area is 101 Å². The van der Waals surface area contributed by atoms with Crippen LogP contribution < -0.4 is 5.32 Å². The molecule has 16 heavy (non-hydrogen) atoms. The Morgan fingerprint density at radius 2 is 1.88 bits per heavy atom. The third-order valence-corrected chi connectivity index (χ3v) is 4.43. The fraction of sp³-hybridized carbons (Fsp3) is 1.00. The molecule has 2 heteroatoms. The molecule has 0 radical (unpaired) electrons. The molecule has 0 amide bonds. The van der Waals surface area contributed by atoms with Gasteiger partial charge in [0, 0.05) is 30.7 Å². The number of nitrogens with one attached hydrogen (secondary N) is 1. The fourth-order valence-corrected chi connectivity index (χ4v) is 3.38. The largest absolute Gasteiger partial charge is 0.309 e. The molecule has 0 spiro atoms. The van der Waals surface area contributed by atoms with Crippen molar-refractivity contribution in [3.63, 3.8) is 0 Å². The first-order valence-electron chi connectivity index (χ1n) is 6.80. The van der Waals surface area contributed by atoms with Gasteiger partial charge in [0.2, 0.25) is 0 Å². The van der Waals surface area contributed by atoms with Crippen LogP contribution in [0.5, 0.6) is 0 Å². The van der Waals surface area contributed by atoms with Crippen molar-refractivity contribution < 1.29 is 0 Å². The summed E-state index contributed by atoms with van der Waals surface area (Å²) < 4.78 is 0. The summed E-state index contributed by atoms with van der Waals surface area (Å²) in [5.41, 5.74) is 0.860. The normalized spacial score (nSPS) is 38.8. The topological polar surface area (TPSA) is 15.3 Å². The maximum Gasteiger partial charge on any atom is 0.0253 e. The van der Waals surface area contributed by atoms with Gasteiger partial charge in [-0.1, -0.05) is 13.8 Å². The van der Waals surface area contributed by atoms with Crippen LogP contribution in [-0.2, 0) is 0 Å². The minimum absolute atomic E-state index is 0.291. The lowest BCUT2D eigenvalue weighted by atomic mass is 9.90. The SMILES string of the molecule is CC1CNC(C)(C)CN1C1CCC(C)(C)C1. The highest BCUT2D eigenvalue weighted by Gasteiger charge is 2.39. The quantitative estimate of drug-likeness (QED) is 0.736. The van der Waals surface area contributed by atoms with E-state index in [1.807, 2.05) is 0 Å². The van der Waals surface area contributed by atoms with Gasteiger partial charge in [-0.2, -0.15) is 0 Å². The van der Waals surface area contributed by atoms with Crippen molar-refractivity contribution in [1.82, 2.24) is 10.2 Å². The highest BCUT2D eigenvalue weighted by Crippen LogP contribution is 2.40. The number of piperazine rings is 1. The highest BCUT2D eigenvalue weighted by molar-refractivity contribution is 4.97. The smallest absolute Gasteiger partial charge is 0.0253 e. The standard InChI is InChI=1S/C14H28N2/c1-11-9-15-14(4,5)10-16(11)12-6-7-13(2,3)8-12/h11-12,15H,6-10H2,1-5H3. The van der Waals surface area contributed by atoms with Crippen molar-refractivity contribution in [2.75, 3.05) is 13.1 Å². The van der Waals surface area contributed by atoms with Gasteiger partial charge in [-0.3, -0.25) is 4.90 Å². The Balaban J connectivity index is 2.03. The highest BCUT2D eigenvalue weighted by atomic mass is 15.3. The Bertz CT molecular complexity index is 257. The van der Waals surface area contributed by atoms with Crippen LogP contribution in [0.2, 0.25) is 0 Å². The zero-order valence-corrected chi connectivity index (χ0v) is 11.6. The van der Waals surface area contributed by atoms with E-state index in [4.69, 9.17) is 0 Å². The molecular formula is C14H28N2. The van der Waals surface area contributed by atoms with Crippen LogP contribution in [0.4, 0.5) is 0 Å². The van der Waals surface area contributed by atoms with Gasteiger partial charge in [0.05, 0.1) is 0 Å². The molecule has 1 aliphatic carbocycles. The maximum absolute atomic E-state index is 3.64. The van der Waals surface area contributed by atoms with E-state index in [0.717, 1.165) is 12.6 Å². The van der Waals surface area contributed by atoms with Gasteiger partial charge in [0.1, 0.15) is 0 Å². The lowest BCUT2D eigenvalue weighted by Gasteiger charge is -2.46. The van der Waals surface area contributed by atoms with E-state index in [1.165, 1.54) is 25.8 Å². The molecule has 1 saturated carbocycles. The second kappa shape index (κ2) is 3.99. The molecule has 2 rings (SSSR count). The zero-order valence-electron chi connectivity index (χ0n) is 11.6. The Kier molecular flexibility index (Phi) is 3.09. The summed E-state index contributed by atoms with van der Waals surface area (Å²) in [5.74, 6) is 0. The minimum atomic E-state index is 0.291. The van der Waals surface area contributed by atoms with Crippen LogP contribution in [0.15, 0.2) is 0 Å². The molecule has 2 aliphatic rings. The van der Waals surface area contributed by atoms with Crippen molar-refractivity contribution in [3.05, 3.63) is 0 Å². The summed E-state index contributed by atoms with van der Waals surface area (Å²) in [5, 5.41) is 3.64. The number of nitrogens with zero attached hydrogens (tertiary/aromatic N) is 1. The molecule has 1 N–H and O–H groups in total. The average Bonchev–Trinajstić information content (AvgIpc) is 2.50. The summed E-state index contributed by atoms with van der Waals surface area (Å²) >= 11 is 0. The van der Waals surface area contributed by atoms with E-state index in [0.29, 0.717) is 17.0 Å². The van der Waals surface area contributed by atoms with Crippen LogP contribution >= 0.6 is 0 Å². The van der Waals surface area contributed by atoms with E-state index in [-0.39, 0.29) is 0 Å². The molecule has 2 atom stereocenters. The molecule has 0 aromatic heterocycles. The van der Waals surface area contributed by atoms with Crippen LogP contribution in [0, 0.1) is 5.41 Å². The molecule has 94 valence electrons. The Hall–Kier alpha value is -0.0800. The average molecular weight is 224 g/mol. The van der Waals surface area contributed by atoms with Crippen LogP contribution in [0.1, 0.15) is 53.9 Å². The predicted molar refractivity (Wildman–Crippen MR) is 69.7 cm³/mol. The lowest BCUT2D eigenvalue weighted by Crippen LogP contribution is -2.62. The second-order valence-corrected chi connectivity index (χ2v) is 7.35. The third-order valence-electron chi connectivity index (χ3n) is 4.43. The maximum atomic E-state index is 3.64. The summed E-state index contributed by atoms with van der Waals surface area (Å²) in [4.78, 5) is 2.76. The van der Waals surface area contributed by atoms with Gasteiger partial charge in [0.25, 0.3) is 0 Å². The van der Waals surface area contributed by atoms with Gasteiger partial charge >= 0.3 is 0 Å². The summed E-state index contributed by atoms with van der Waals surface area (Å²) in [6.45, 7) is 14.2. The van der Waals surface area contributed by atoms with Crippen molar-refractivity contribution in [2.45, 2.75) is 71.5 Å². The molecule has 1 saturated heterocycles. The Morgan fingerprint density at radius 3 is 2.44 bits per heavy atom. The molecule has 2 fully saturated rings. The molecule has 0 aromatic rings. The van der Waals surface area contributed by atoms with Crippen molar-refractivity contribution in [3.8, 4) is 0 Å².